The van der Waals surface area contributed by atoms with Crippen LogP contribution in [0.3, 0.4) is 0 Å². The summed E-state index contributed by atoms with van der Waals surface area (Å²) in [5.41, 5.74) is -0.580. The highest BCUT2D eigenvalue weighted by molar-refractivity contribution is 5.93. The van der Waals surface area contributed by atoms with Gasteiger partial charge in [-0.25, -0.2) is 0 Å². The highest BCUT2D eigenvalue weighted by Crippen LogP contribution is 2.29. The summed E-state index contributed by atoms with van der Waals surface area (Å²) in [5, 5.41) is 0. The second kappa shape index (κ2) is 3.04. The summed E-state index contributed by atoms with van der Waals surface area (Å²) in [6.45, 7) is 0. The molecule has 1 heterocycles. The summed E-state index contributed by atoms with van der Waals surface area (Å²) in [4.78, 5) is 13.9. The average molecular weight is 191 g/mol. The van der Waals surface area contributed by atoms with Crippen LogP contribution >= 0.6 is 0 Å². The molecule has 0 spiro atoms. The molecular formula is C7H5F3N2O. The summed E-state index contributed by atoms with van der Waals surface area (Å²) in [6.07, 6.45) is -3.76. The first-order valence-electron chi connectivity index (χ1n) is 3.71. The average Bonchev–Trinajstić information content (AvgIpc) is 2.15. The number of nitrogens with two attached hydrogens (primary N) is 1. The van der Waals surface area contributed by atoms with Gasteiger partial charge in [0.15, 0.2) is 7.11 Å². The Morgan fingerprint density at radius 2 is 2.31 bits per heavy atom. The molecule has 70 valence electrons. The van der Waals surface area contributed by atoms with Gasteiger partial charge in [-0.1, -0.05) is 0 Å². The van der Waals surface area contributed by atoms with Crippen LogP contribution < -0.4 is 5.73 Å². The molecule has 0 aromatic carbocycles. The van der Waals surface area contributed by atoms with Gasteiger partial charge in [0.25, 0.3) is 5.91 Å². The fourth-order valence-corrected chi connectivity index (χ4v) is 0.814. The van der Waals surface area contributed by atoms with Crippen molar-refractivity contribution in [3.63, 3.8) is 0 Å². The van der Waals surface area contributed by atoms with Gasteiger partial charge in [-0.05, 0) is 12.1 Å². The van der Waals surface area contributed by atoms with Crippen molar-refractivity contribution < 1.29 is 19.4 Å². The van der Waals surface area contributed by atoms with Gasteiger partial charge < -0.3 is 5.73 Å². The normalized spacial score (nSPS) is 12.1. The molecule has 3 nitrogen and oxygen atoms in total. The maximum absolute atomic E-state index is 12.2. The summed E-state index contributed by atoms with van der Waals surface area (Å²) in [6, 6.07) is 2.15. The van der Waals surface area contributed by atoms with Crippen molar-refractivity contribution in [1.82, 2.24) is 4.98 Å². The number of rotatable bonds is 1. The number of hydrogen-bond donors (Lipinski definition) is 1. The Labute approximate surface area is 72.8 Å². The number of carbonyl (C=O) groups excluding carboxylic acids is 1. The zero-order chi connectivity index (χ0) is 10.8. The highest BCUT2D eigenvalue weighted by Gasteiger charge is 2.36. The van der Waals surface area contributed by atoms with Crippen LogP contribution in [0.2, 0.25) is 1.41 Å². The van der Waals surface area contributed by atoms with Crippen LogP contribution in [0.4, 0.5) is 13.2 Å². The third-order valence-corrected chi connectivity index (χ3v) is 1.32. The van der Waals surface area contributed by atoms with E-state index in [2.05, 4.69) is 4.98 Å². The number of hydrogen-bond acceptors (Lipinski definition) is 2. The van der Waals surface area contributed by atoms with Crippen LogP contribution in [0.5, 0.6) is 0 Å². The molecule has 0 aliphatic carbocycles. The Balaban J connectivity index is 3.23. The molecule has 1 aromatic heterocycles. The first-order valence-corrected chi connectivity index (χ1v) is 3.21. The third-order valence-electron chi connectivity index (χ3n) is 1.32. The third kappa shape index (κ3) is 1.95. The molecule has 6 heteroatoms. The van der Waals surface area contributed by atoms with Crippen LogP contribution in [0.15, 0.2) is 18.3 Å². The van der Waals surface area contributed by atoms with Gasteiger partial charge in [0.1, 0.15) is 0 Å². The first-order chi connectivity index (χ1) is 6.46. The van der Waals surface area contributed by atoms with E-state index in [1.54, 1.807) is 0 Å². The largest absolute Gasteiger partial charge is 0.434 e. The lowest BCUT2D eigenvalue weighted by Gasteiger charge is -2.07. The topological polar surface area (TPSA) is 56.0 Å². The van der Waals surface area contributed by atoms with Crippen molar-refractivity contribution in [3.05, 3.63) is 29.6 Å². The summed E-state index contributed by atoms with van der Waals surface area (Å²) >= 11 is 0. The van der Waals surface area contributed by atoms with Crippen molar-refractivity contribution in [2.45, 2.75) is 6.18 Å². The van der Waals surface area contributed by atoms with E-state index in [4.69, 9.17) is 1.41 Å². The molecule has 2 N–H and O–H groups in total. The van der Waals surface area contributed by atoms with Crippen molar-refractivity contribution in [2.75, 3.05) is 0 Å². The Bertz CT molecular complexity index is 353. The number of amides is 1. The molecular weight excluding hydrogens is 185 g/mol. The fraction of sp³-hybridized carbons (Fsp3) is 0.143. The molecule has 0 bridgehead atoms. The van der Waals surface area contributed by atoms with E-state index in [-0.39, 0.29) is 0 Å². The highest BCUT2D eigenvalue weighted by atomic mass is 19.4. The molecule has 0 radical (unpaired) electrons. The molecule has 1 aromatic rings. The fourth-order valence-electron chi connectivity index (χ4n) is 0.814. The van der Waals surface area contributed by atoms with Gasteiger partial charge in [0.2, 0.25) is 0 Å². The standard InChI is InChI=1S/C7H5F3N2O/c8-7(9,10)5-4(6(11)13)2-1-3-12-5/h1-3H,(H2,11,13)/i/hD. The Morgan fingerprint density at radius 3 is 2.85 bits per heavy atom. The Morgan fingerprint density at radius 1 is 1.62 bits per heavy atom. The smallest absolute Gasteiger partial charge is 0.366 e. The van der Waals surface area contributed by atoms with E-state index in [1.807, 2.05) is 0 Å². The molecule has 13 heavy (non-hydrogen) atoms. The number of primary amides is 1. The van der Waals surface area contributed by atoms with Crippen LogP contribution in [-0.4, -0.2) is 10.9 Å². The van der Waals surface area contributed by atoms with Gasteiger partial charge in [0.05, 0.1) is 5.56 Å². The maximum atomic E-state index is 12.2. The minimum Gasteiger partial charge on any atom is -0.366 e. The molecule has 0 aliphatic rings. The number of carbonyl (C=O) groups is 1. The van der Waals surface area contributed by atoms with Crippen molar-refractivity contribution in [1.29, 1.82) is 0 Å². The van der Waals surface area contributed by atoms with E-state index < -0.39 is 23.3 Å². The van der Waals surface area contributed by atoms with Crippen molar-refractivity contribution in [3.8, 4) is 0 Å². The minimum absolute atomic E-state index is 0.657. The van der Waals surface area contributed by atoms with Gasteiger partial charge in [-0.15, -0.1) is 0 Å². The molecule has 0 atom stereocenters. The summed E-state index contributed by atoms with van der Waals surface area (Å²) in [5.74, 6) is -1.13. The molecule has 0 fully saturated rings. The molecule has 0 saturated carbocycles. The van der Waals surface area contributed by atoms with E-state index >= 15 is 0 Å². The predicted octanol–water partition coefficient (Wildman–Crippen LogP) is 1.20. The van der Waals surface area contributed by atoms with Crippen LogP contribution in [0, 0.1) is 0 Å². The molecule has 1 rings (SSSR count). The van der Waals surface area contributed by atoms with Gasteiger partial charge in [0, 0.05) is 6.20 Å². The second-order valence-electron chi connectivity index (χ2n) is 2.23. The van der Waals surface area contributed by atoms with Crippen molar-refractivity contribution in [2.24, 2.45) is 5.73 Å². The SMILES string of the molecule is [2H]NC(=O)c1cccnc1C(F)(F)F. The summed E-state index contributed by atoms with van der Waals surface area (Å²) < 4.78 is 43.2. The number of pyridine rings is 1. The van der Waals surface area contributed by atoms with E-state index in [0.29, 0.717) is 0 Å². The monoisotopic (exact) mass is 191 g/mol. The molecule has 1 amide bonds. The minimum atomic E-state index is -4.69. The van der Waals surface area contributed by atoms with Gasteiger partial charge >= 0.3 is 6.18 Å². The number of aromatic nitrogens is 1. The molecule has 0 saturated heterocycles. The lowest BCUT2D eigenvalue weighted by atomic mass is 10.2. The summed E-state index contributed by atoms with van der Waals surface area (Å²) in [7, 11) is 0. The number of halogens is 3. The zero-order valence-corrected chi connectivity index (χ0v) is 6.22. The van der Waals surface area contributed by atoms with E-state index in [9.17, 15) is 18.0 Å². The Hall–Kier alpha value is -1.59. The second-order valence-corrected chi connectivity index (χ2v) is 2.23. The van der Waals surface area contributed by atoms with Gasteiger partial charge in [-0.2, -0.15) is 13.2 Å². The van der Waals surface area contributed by atoms with E-state index in [0.717, 1.165) is 12.3 Å². The van der Waals surface area contributed by atoms with Crippen LogP contribution in [-0.2, 0) is 6.18 Å². The van der Waals surface area contributed by atoms with E-state index in [1.165, 1.54) is 11.8 Å². The van der Waals surface area contributed by atoms with Crippen LogP contribution in [0.1, 0.15) is 16.1 Å². The first kappa shape index (κ1) is 8.03. The Kier molecular flexibility index (Phi) is 1.88. The predicted molar refractivity (Wildman–Crippen MR) is 37.8 cm³/mol. The zero-order valence-electron chi connectivity index (χ0n) is 7.22. The molecule has 0 unspecified atom stereocenters. The lowest BCUT2D eigenvalue weighted by Crippen LogP contribution is -2.20. The van der Waals surface area contributed by atoms with Crippen molar-refractivity contribution >= 4 is 5.91 Å². The number of alkyl halides is 3. The molecule has 0 aliphatic heterocycles. The number of nitrogens with zero attached hydrogens (tertiary/aromatic N) is 1. The maximum Gasteiger partial charge on any atom is 0.434 e. The van der Waals surface area contributed by atoms with Crippen LogP contribution in [0.25, 0.3) is 0 Å². The van der Waals surface area contributed by atoms with Gasteiger partial charge in [-0.3, -0.25) is 9.78 Å². The lowest BCUT2D eigenvalue weighted by molar-refractivity contribution is -0.141. The quantitative estimate of drug-likeness (QED) is 0.725.